The van der Waals surface area contributed by atoms with Crippen molar-refractivity contribution in [3.8, 4) is 0 Å². The SMILES string of the molecule is CS(=O)Cc1cccc(C(=O)N2CCC(c3ccccc3)CC2)c1. The smallest absolute Gasteiger partial charge is 0.253 e. The zero-order chi connectivity index (χ0) is 16.9. The highest BCUT2D eigenvalue weighted by atomic mass is 32.2. The van der Waals surface area contributed by atoms with Crippen molar-refractivity contribution < 1.29 is 9.00 Å². The van der Waals surface area contributed by atoms with E-state index in [1.54, 1.807) is 6.26 Å². The summed E-state index contributed by atoms with van der Waals surface area (Å²) >= 11 is 0. The van der Waals surface area contributed by atoms with Gasteiger partial charge >= 0.3 is 0 Å². The third-order valence-corrected chi connectivity index (χ3v) is 5.34. The zero-order valence-corrected chi connectivity index (χ0v) is 14.8. The van der Waals surface area contributed by atoms with E-state index in [0.717, 1.165) is 31.5 Å². The van der Waals surface area contributed by atoms with E-state index in [-0.39, 0.29) is 5.91 Å². The Balaban J connectivity index is 1.64. The van der Waals surface area contributed by atoms with Crippen LogP contribution in [0, 0.1) is 0 Å². The molecule has 3 rings (SSSR count). The van der Waals surface area contributed by atoms with E-state index in [4.69, 9.17) is 0 Å². The van der Waals surface area contributed by atoms with Gasteiger partial charge in [0.05, 0.1) is 0 Å². The molecule has 1 saturated heterocycles. The molecule has 4 heteroatoms. The number of carbonyl (C=O) groups excluding carboxylic acids is 1. The van der Waals surface area contributed by atoms with Gasteiger partial charge in [-0.25, -0.2) is 0 Å². The Labute approximate surface area is 146 Å². The summed E-state index contributed by atoms with van der Waals surface area (Å²) in [6.07, 6.45) is 3.70. The second-order valence-corrected chi connectivity index (χ2v) is 7.83. The van der Waals surface area contributed by atoms with Crippen LogP contribution in [0.2, 0.25) is 0 Å². The van der Waals surface area contributed by atoms with Crippen molar-refractivity contribution in [2.24, 2.45) is 0 Å². The molecule has 1 amide bonds. The van der Waals surface area contributed by atoms with Gasteiger partial charge in [-0.2, -0.15) is 0 Å². The predicted octanol–water partition coefficient (Wildman–Crippen LogP) is 3.58. The number of benzene rings is 2. The summed E-state index contributed by atoms with van der Waals surface area (Å²) in [5.41, 5.74) is 3.04. The predicted molar refractivity (Wildman–Crippen MR) is 98.5 cm³/mol. The topological polar surface area (TPSA) is 37.4 Å². The van der Waals surface area contributed by atoms with Crippen molar-refractivity contribution in [3.63, 3.8) is 0 Å². The van der Waals surface area contributed by atoms with E-state index in [1.165, 1.54) is 5.56 Å². The Morgan fingerprint density at radius 3 is 2.46 bits per heavy atom. The van der Waals surface area contributed by atoms with Gasteiger partial charge in [0.25, 0.3) is 5.91 Å². The van der Waals surface area contributed by atoms with Crippen LogP contribution in [0.4, 0.5) is 0 Å². The van der Waals surface area contributed by atoms with Crippen LogP contribution in [0.1, 0.15) is 40.2 Å². The average molecular weight is 341 g/mol. The Morgan fingerprint density at radius 1 is 1.08 bits per heavy atom. The van der Waals surface area contributed by atoms with E-state index in [2.05, 4.69) is 24.3 Å². The Hall–Kier alpha value is -1.94. The van der Waals surface area contributed by atoms with Gasteiger partial charge in [-0.3, -0.25) is 9.00 Å². The van der Waals surface area contributed by atoms with Crippen molar-refractivity contribution in [2.75, 3.05) is 19.3 Å². The molecular weight excluding hydrogens is 318 g/mol. The number of hydrogen-bond acceptors (Lipinski definition) is 2. The quantitative estimate of drug-likeness (QED) is 0.852. The molecule has 1 aliphatic heterocycles. The number of likely N-dealkylation sites (tertiary alicyclic amines) is 1. The fourth-order valence-electron chi connectivity index (χ4n) is 3.35. The second-order valence-electron chi connectivity index (χ2n) is 6.40. The lowest BCUT2D eigenvalue weighted by atomic mass is 9.89. The van der Waals surface area contributed by atoms with Gasteiger partial charge in [-0.15, -0.1) is 0 Å². The maximum absolute atomic E-state index is 12.7. The molecule has 24 heavy (non-hydrogen) atoms. The molecular formula is C20H23NO2S. The van der Waals surface area contributed by atoms with E-state index >= 15 is 0 Å². The van der Waals surface area contributed by atoms with Crippen LogP contribution in [0.5, 0.6) is 0 Å². The van der Waals surface area contributed by atoms with Crippen molar-refractivity contribution in [2.45, 2.75) is 24.5 Å². The molecule has 0 aromatic heterocycles. The van der Waals surface area contributed by atoms with E-state index in [9.17, 15) is 9.00 Å². The first-order valence-corrected chi connectivity index (χ1v) is 10.1. The maximum Gasteiger partial charge on any atom is 0.253 e. The third kappa shape index (κ3) is 4.12. The number of piperidine rings is 1. The van der Waals surface area contributed by atoms with Gasteiger partial charge in [-0.05, 0) is 42.0 Å². The lowest BCUT2D eigenvalue weighted by molar-refractivity contribution is 0.0713. The number of nitrogens with zero attached hydrogens (tertiary/aromatic N) is 1. The summed E-state index contributed by atoms with van der Waals surface area (Å²) in [6.45, 7) is 1.59. The normalized spacial score (nSPS) is 16.8. The summed E-state index contributed by atoms with van der Waals surface area (Å²) in [4.78, 5) is 14.7. The van der Waals surface area contributed by atoms with Crippen molar-refractivity contribution in [1.82, 2.24) is 4.90 Å². The molecule has 0 radical (unpaired) electrons. The van der Waals surface area contributed by atoms with Crippen LogP contribution in [0.25, 0.3) is 0 Å². The van der Waals surface area contributed by atoms with Crippen LogP contribution in [-0.2, 0) is 16.6 Å². The molecule has 0 spiro atoms. The van der Waals surface area contributed by atoms with Crippen LogP contribution < -0.4 is 0 Å². The number of amides is 1. The lowest BCUT2D eigenvalue weighted by Gasteiger charge is -2.32. The van der Waals surface area contributed by atoms with E-state index < -0.39 is 10.8 Å². The Bertz CT molecular complexity index is 721. The Kier molecular flexibility index (Phi) is 5.46. The fourth-order valence-corrected chi connectivity index (χ4v) is 4.00. The molecule has 1 fully saturated rings. The first kappa shape index (κ1) is 16.9. The highest BCUT2D eigenvalue weighted by Crippen LogP contribution is 2.28. The Morgan fingerprint density at radius 2 is 1.79 bits per heavy atom. The average Bonchev–Trinajstić information content (AvgIpc) is 2.62. The standard InChI is InChI=1S/C20H23NO2S/c1-24(23)15-16-6-5-9-19(14-16)20(22)21-12-10-18(11-13-21)17-7-3-2-4-8-17/h2-9,14,18H,10-13,15H2,1H3. The molecule has 1 aliphatic rings. The highest BCUT2D eigenvalue weighted by Gasteiger charge is 2.24. The van der Waals surface area contributed by atoms with Crippen molar-refractivity contribution in [1.29, 1.82) is 0 Å². The van der Waals surface area contributed by atoms with Crippen LogP contribution >= 0.6 is 0 Å². The van der Waals surface area contributed by atoms with Gasteiger partial charge < -0.3 is 4.90 Å². The van der Waals surface area contributed by atoms with Gasteiger partial charge in [-0.1, -0.05) is 42.5 Å². The maximum atomic E-state index is 12.7. The molecule has 1 atom stereocenters. The third-order valence-electron chi connectivity index (χ3n) is 4.60. The fraction of sp³-hybridized carbons (Fsp3) is 0.350. The van der Waals surface area contributed by atoms with Crippen molar-refractivity contribution in [3.05, 3.63) is 71.3 Å². The first-order chi connectivity index (χ1) is 11.6. The summed E-state index contributed by atoms with van der Waals surface area (Å²) in [7, 11) is -0.894. The lowest BCUT2D eigenvalue weighted by Crippen LogP contribution is -2.37. The second kappa shape index (κ2) is 7.75. The molecule has 0 N–H and O–H groups in total. The minimum Gasteiger partial charge on any atom is -0.339 e. The van der Waals surface area contributed by atoms with Gasteiger partial charge in [0.15, 0.2) is 0 Å². The summed E-state index contributed by atoms with van der Waals surface area (Å²) < 4.78 is 11.4. The molecule has 0 aliphatic carbocycles. The van der Waals surface area contributed by atoms with E-state index in [1.807, 2.05) is 35.2 Å². The highest BCUT2D eigenvalue weighted by molar-refractivity contribution is 7.83. The molecule has 2 aromatic rings. The van der Waals surface area contributed by atoms with Gasteiger partial charge in [0, 0.05) is 41.5 Å². The van der Waals surface area contributed by atoms with Crippen LogP contribution in [0.15, 0.2) is 54.6 Å². The number of carbonyl (C=O) groups is 1. The molecule has 2 aromatic carbocycles. The van der Waals surface area contributed by atoms with Crippen LogP contribution in [-0.4, -0.2) is 34.4 Å². The van der Waals surface area contributed by atoms with Gasteiger partial charge in [0.2, 0.25) is 0 Å². The van der Waals surface area contributed by atoms with Crippen LogP contribution in [0.3, 0.4) is 0 Å². The molecule has 0 saturated carbocycles. The van der Waals surface area contributed by atoms with Gasteiger partial charge in [0.1, 0.15) is 0 Å². The number of rotatable bonds is 4. The minimum absolute atomic E-state index is 0.0882. The summed E-state index contributed by atoms with van der Waals surface area (Å²) in [6, 6.07) is 18.1. The molecule has 1 heterocycles. The molecule has 3 nitrogen and oxygen atoms in total. The summed E-state index contributed by atoms with van der Waals surface area (Å²) in [5, 5.41) is 0. The monoisotopic (exact) mass is 341 g/mol. The van der Waals surface area contributed by atoms with E-state index in [0.29, 0.717) is 17.2 Å². The molecule has 0 bridgehead atoms. The van der Waals surface area contributed by atoms with Crippen molar-refractivity contribution >= 4 is 16.7 Å². The molecule has 126 valence electrons. The summed E-state index contributed by atoms with van der Waals surface area (Å²) in [5.74, 6) is 1.13. The largest absolute Gasteiger partial charge is 0.339 e. The zero-order valence-electron chi connectivity index (χ0n) is 14.0. The number of hydrogen-bond donors (Lipinski definition) is 0. The molecule has 1 unspecified atom stereocenters. The minimum atomic E-state index is -0.894. The first-order valence-electron chi connectivity index (χ1n) is 8.36.